The van der Waals surface area contributed by atoms with Crippen molar-refractivity contribution >= 4 is 21.8 Å². The van der Waals surface area contributed by atoms with Gasteiger partial charge in [-0.2, -0.15) is 13.5 Å². The van der Waals surface area contributed by atoms with Crippen LogP contribution in [0, 0.1) is 6.92 Å². The van der Waals surface area contributed by atoms with Crippen molar-refractivity contribution in [1.82, 2.24) is 15.1 Å². The molecule has 7 nitrogen and oxygen atoms in total. The minimum atomic E-state index is -2.39. The molecule has 0 aliphatic heterocycles. The van der Waals surface area contributed by atoms with E-state index in [1.54, 1.807) is 18.5 Å². The van der Waals surface area contributed by atoms with E-state index in [2.05, 4.69) is 10.4 Å². The second kappa shape index (κ2) is 7.44. The van der Waals surface area contributed by atoms with E-state index in [1.165, 1.54) is 6.42 Å². The van der Waals surface area contributed by atoms with Gasteiger partial charge in [-0.25, -0.2) is 9.48 Å². The average molecular weight is 327 g/mol. The molecule has 1 aliphatic rings. The maximum Gasteiger partial charge on any atom is 0.413 e. The van der Waals surface area contributed by atoms with Crippen LogP contribution in [0.3, 0.4) is 0 Å². The summed E-state index contributed by atoms with van der Waals surface area (Å²) in [6, 6.07) is 0.138. The topological polar surface area (TPSA) is 90.3 Å². The molecule has 0 spiro atoms. The van der Waals surface area contributed by atoms with E-state index in [4.69, 9.17) is 4.74 Å². The third-order valence-electron chi connectivity index (χ3n) is 3.73. The van der Waals surface area contributed by atoms with Gasteiger partial charge in [0.25, 0.3) is 0 Å². The van der Waals surface area contributed by atoms with Crippen molar-refractivity contribution in [3.05, 3.63) is 11.3 Å². The largest absolute Gasteiger partial charge is 0.413 e. The van der Waals surface area contributed by atoms with Crippen LogP contribution in [0.5, 0.6) is 5.88 Å². The first kappa shape index (κ1) is 16.5. The lowest BCUT2D eigenvalue weighted by Crippen LogP contribution is -2.28. The number of carbonyl (C=O) groups is 1. The number of ether oxygens (including phenoxy) is 1. The number of nitrogens with one attached hydrogen (secondary N) is 1. The van der Waals surface area contributed by atoms with Gasteiger partial charge in [0.05, 0.1) is 22.7 Å². The maximum atomic E-state index is 11.8. The molecule has 0 aromatic carbocycles. The summed E-state index contributed by atoms with van der Waals surface area (Å²) in [5.41, 5.74) is 0.874. The number of aromatic nitrogens is 2. The van der Waals surface area contributed by atoms with Gasteiger partial charge in [-0.15, -0.1) is 0 Å². The number of nitrogens with zero attached hydrogens (tertiary/aromatic N) is 2. The fourth-order valence-electron chi connectivity index (χ4n) is 2.71. The first-order valence-electron chi connectivity index (χ1n) is 7.50. The van der Waals surface area contributed by atoms with E-state index in [9.17, 15) is 13.2 Å². The smallest absolute Gasteiger partial charge is 0.391 e. The summed E-state index contributed by atoms with van der Waals surface area (Å²) in [6.45, 7) is 3.93. The van der Waals surface area contributed by atoms with Gasteiger partial charge in [0.2, 0.25) is 16.2 Å². The number of amides is 1. The van der Waals surface area contributed by atoms with Gasteiger partial charge in [-0.1, -0.05) is 19.3 Å². The zero-order valence-electron chi connectivity index (χ0n) is 12.8. The Hall–Kier alpha value is -1.83. The molecule has 0 bridgehead atoms. The van der Waals surface area contributed by atoms with E-state index in [0.29, 0.717) is 17.8 Å². The van der Waals surface area contributed by atoms with E-state index in [-0.39, 0.29) is 11.9 Å². The summed E-state index contributed by atoms with van der Waals surface area (Å²) in [7, 11) is -2.39. The fourth-order valence-corrected chi connectivity index (χ4v) is 3.18. The lowest BCUT2D eigenvalue weighted by Gasteiger charge is -2.23. The number of hydrogen-bond donors (Lipinski definition) is 1. The molecule has 1 amide bonds. The van der Waals surface area contributed by atoms with E-state index in [0.717, 1.165) is 31.1 Å². The molecule has 1 heterocycles. The number of carbonyl (C=O) groups excluding carboxylic acids is 1. The zero-order valence-corrected chi connectivity index (χ0v) is 13.6. The molecule has 1 aliphatic carbocycles. The van der Waals surface area contributed by atoms with Crippen LogP contribution < -0.4 is 10.1 Å². The zero-order chi connectivity index (χ0) is 16.1. The summed E-state index contributed by atoms with van der Waals surface area (Å²) >= 11 is 0. The molecule has 0 saturated heterocycles. The van der Waals surface area contributed by atoms with Crippen LogP contribution in [-0.4, -0.2) is 36.2 Å². The molecular weight excluding hydrogens is 306 g/mol. The second-order valence-corrected chi connectivity index (χ2v) is 6.10. The molecule has 22 heavy (non-hydrogen) atoms. The van der Waals surface area contributed by atoms with Crippen molar-refractivity contribution < 1.29 is 17.9 Å². The highest BCUT2D eigenvalue weighted by molar-refractivity contribution is 7.71. The Labute approximate surface area is 131 Å². The molecule has 8 heteroatoms. The normalized spacial score (nSPS) is 15.4. The third-order valence-corrected chi connectivity index (χ3v) is 4.16. The highest BCUT2D eigenvalue weighted by atomic mass is 32.2. The van der Waals surface area contributed by atoms with Gasteiger partial charge >= 0.3 is 6.09 Å². The summed E-state index contributed by atoms with van der Waals surface area (Å²) in [5, 5.41) is 7.99. The minimum Gasteiger partial charge on any atom is -0.391 e. The van der Waals surface area contributed by atoms with Crippen molar-refractivity contribution in [2.75, 3.05) is 6.54 Å². The number of rotatable bonds is 4. The van der Waals surface area contributed by atoms with Crippen molar-refractivity contribution in [2.45, 2.75) is 52.0 Å². The SMILES string of the molecule is CCNC(=O)Oc1c(C=S(=O)=O)c(C)nn1C1CCCCC1. The van der Waals surface area contributed by atoms with Crippen LogP contribution in [0.15, 0.2) is 0 Å². The Morgan fingerprint density at radius 3 is 2.68 bits per heavy atom. The van der Waals surface area contributed by atoms with E-state index in [1.807, 2.05) is 0 Å². The van der Waals surface area contributed by atoms with Crippen LogP contribution in [0.25, 0.3) is 0 Å². The Bertz CT molecular complexity index is 665. The molecule has 1 saturated carbocycles. The van der Waals surface area contributed by atoms with Crippen molar-refractivity contribution in [3.63, 3.8) is 0 Å². The molecule has 0 atom stereocenters. The van der Waals surface area contributed by atoms with E-state index >= 15 is 0 Å². The van der Waals surface area contributed by atoms with Crippen LogP contribution in [0.4, 0.5) is 4.79 Å². The lowest BCUT2D eigenvalue weighted by molar-refractivity contribution is 0.191. The highest BCUT2D eigenvalue weighted by Gasteiger charge is 2.25. The van der Waals surface area contributed by atoms with Gasteiger partial charge in [0.15, 0.2) is 0 Å². The fraction of sp³-hybridized carbons (Fsp3) is 0.643. The van der Waals surface area contributed by atoms with Crippen LogP contribution in [0.1, 0.15) is 56.3 Å². The van der Waals surface area contributed by atoms with Crippen LogP contribution in [-0.2, 0) is 10.3 Å². The minimum absolute atomic E-state index is 0.138. The van der Waals surface area contributed by atoms with Crippen LogP contribution in [0.2, 0.25) is 0 Å². The molecular formula is C14H21N3O4S. The van der Waals surface area contributed by atoms with Crippen molar-refractivity contribution in [3.8, 4) is 5.88 Å². The Balaban J connectivity index is 2.43. The van der Waals surface area contributed by atoms with Crippen molar-refractivity contribution in [1.29, 1.82) is 0 Å². The summed E-state index contributed by atoms with van der Waals surface area (Å²) in [6.07, 6.45) is 4.67. The van der Waals surface area contributed by atoms with Gasteiger partial charge in [0.1, 0.15) is 0 Å². The first-order chi connectivity index (χ1) is 10.5. The predicted molar refractivity (Wildman–Crippen MR) is 82.9 cm³/mol. The monoisotopic (exact) mass is 327 g/mol. The standard InChI is InChI=1S/C14H21N3O4S/c1-3-15-14(18)21-13-12(9-22(19)20)10(2)16-17(13)11-7-5-4-6-8-11/h9,11H,3-8H2,1-2H3,(H,15,18). The summed E-state index contributed by atoms with van der Waals surface area (Å²) in [4.78, 5) is 11.8. The molecule has 122 valence electrons. The average Bonchev–Trinajstić information content (AvgIpc) is 2.77. The maximum absolute atomic E-state index is 11.8. The third kappa shape index (κ3) is 3.88. The van der Waals surface area contributed by atoms with Gasteiger partial charge in [-0.3, -0.25) is 0 Å². The molecule has 2 rings (SSSR count). The molecule has 1 N–H and O–H groups in total. The molecule has 1 aromatic heterocycles. The van der Waals surface area contributed by atoms with Gasteiger partial charge < -0.3 is 10.1 Å². The molecule has 1 fully saturated rings. The molecule has 0 radical (unpaired) electrons. The first-order valence-corrected chi connectivity index (χ1v) is 8.64. The van der Waals surface area contributed by atoms with Crippen LogP contribution >= 0.6 is 0 Å². The van der Waals surface area contributed by atoms with Gasteiger partial charge in [0, 0.05) is 6.54 Å². The van der Waals surface area contributed by atoms with Gasteiger partial charge in [-0.05, 0) is 26.7 Å². The Morgan fingerprint density at radius 2 is 2.09 bits per heavy atom. The molecule has 1 aromatic rings. The second-order valence-electron chi connectivity index (χ2n) is 5.34. The van der Waals surface area contributed by atoms with E-state index < -0.39 is 16.4 Å². The highest BCUT2D eigenvalue weighted by Crippen LogP contribution is 2.33. The quantitative estimate of drug-likeness (QED) is 0.852. The Kier molecular flexibility index (Phi) is 5.59. The number of aryl methyl sites for hydroxylation is 1. The predicted octanol–water partition coefficient (Wildman–Crippen LogP) is 1.83. The summed E-state index contributed by atoms with van der Waals surface area (Å²) in [5.74, 6) is 0.208. The summed E-state index contributed by atoms with van der Waals surface area (Å²) < 4.78 is 29.0. The molecule has 0 unspecified atom stereocenters. The number of hydrogen-bond acceptors (Lipinski definition) is 5. The Morgan fingerprint density at radius 1 is 1.41 bits per heavy atom. The van der Waals surface area contributed by atoms with Crippen molar-refractivity contribution in [2.24, 2.45) is 0 Å². The lowest BCUT2D eigenvalue weighted by atomic mass is 9.96.